The summed E-state index contributed by atoms with van der Waals surface area (Å²) in [6, 6.07) is 5.39. The van der Waals surface area contributed by atoms with Crippen molar-refractivity contribution in [3.63, 3.8) is 0 Å². The highest BCUT2D eigenvalue weighted by molar-refractivity contribution is 7.88. The molecule has 4 heterocycles. The van der Waals surface area contributed by atoms with E-state index in [2.05, 4.69) is 10.8 Å². The van der Waals surface area contributed by atoms with E-state index in [-0.39, 0.29) is 24.1 Å². The summed E-state index contributed by atoms with van der Waals surface area (Å²) in [5, 5.41) is 0. The van der Waals surface area contributed by atoms with E-state index >= 15 is 0 Å². The van der Waals surface area contributed by atoms with E-state index in [0.717, 1.165) is 50.6 Å². The maximum absolute atomic E-state index is 13.0. The number of nitrogens with zero attached hydrogens (tertiary/aromatic N) is 2. The van der Waals surface area contributed by atoms with Crippen LogP contribution in [0.5, 0.6) is 5.88 Å². The maximum Gasteiger partial charge on any atom is 0.222 e. The van der Waals surface area contributed by atoms with Crippen LogP contribution < -0.4 is 9.46 Å². The van der Waals surface area contributed by atoms with E-state index in [1.54, 1.807) is 0 Å². The molecule has 1 aliphatic carbocycles. The quantitative estimate of drug-likeness (QED) is 0.721. The van der Waals surface area contributed by atoms with Crippen molar-refractivity contribution in [2.45, 2.75) is 81.9 Å². The van der Waals surface area contributed by atoms with Crippen molar-refractivity contribution in [3.8, 4) is 5.88 Å². The first-order chi connectivity index (χ1) is 15.4. The average Bonchev–Trinajstić information content (AvgIpc) is 2.77. The SMILES string of the molecule is CS(=O)(=O)N[C@H]1CCCN2C(=O)CCCCOc3cccc(n3)C3CCC(CC3)OC[C@@H]12. The number of piperidine rings is 1. The molecule has 1 N–H and O–H groups in total. The fourth-order valence-corrected chi connectivity index (χ4v) is 6.01. The molecule has 32 heavy (non-hydrogen) atoms. The lowest BCUT2D eigenvalue weighted by molar-refractivity contribution is -0.138. The minimum atomic E-state index is -3.37. The molecular weight excluding hydrogens is 430 g/mol. The zero-order chi connectivity index (χ0) is 22.6. The van der Waals surface area contributed by atoms with Gasteiger partial charge in [-0.25, -0.2) is 18.1 Å². The molecule has 5 rings (SSSR count). The van der Waals surface area contributed by atoms with Crippen molar-refractivity contribution in [1.29, 1.82) is 0 Å². The molecule has 2 atom stereocenters. The molecule has 1 saturated heterocycles. The lowest BCUT2D eigenvalue weighted by Gasteiger charge is -2.42. The number of hydrogen-bond acceptors (Lipinski definition) is 6. The zero-order valence-corrected chi connectivity index (χ0v) is 19.7. The number of amides is 1. The van der Waals surface area contributed by atoms with Crippen LogP contribution in [0.3, 0.4) is 0 Å². The van der Waals surface area contributed by atoms with E-state index in [0.29, 0.717) is 44.4 Å². The lowest BCUT2D eigenvalue weighted by atomic mass is 9.85. The summed E-state index contributed by atoms with van der Waals surface area (Å²) in [4.78, 5) is 19.6. The van der Waals surface area contributed by atoms with Gasteiger partial charge in [-0.1, -0.05) is 6.07 Å². The maximum atomic E-state index is 13.0. The third kappa shape index (κ3) is 6.20. The molecule has 0 aromatic carbocycles. The molecule has 8 nitrogen and oxygen atoms in total. The van der Waals surface area contributed by atoms with Crippen molar-refractivity contribution < 1.29 is 22.7 Å². The van der Waals surface area contributed by atoms with Crippen LogP contribution in [0.1, 0.15) is 69.4 Å². The summed E-state index contributed by atoms with van der Waals surface area (Å²) in [6.07, 6.45) is 8.57. The van der Waals surface area contributed by atoms with E-state index in [9.17, 15) is 13.2 Å². The Morgan fingerprint density at radius 1 is 1.09 bits per heavy atom. The first-order valence-corrected chi connectivity index (χ1v) is 13.8. The van der Waals surface area contributed by atoms with Crippen LogP contribution in [-0.4, -0.2) is 68.4 Å². The van der Waals surface area contributed by atoms with Crippen LogP contribution in [0, 0.1) is 0 Å². The predicted molar refractivity (Wildman–Crippen MR) is 121 cm³/mol. The molecule has 3 aliphatic heterocycles. The Kier molecular flexibility index (Phi) is 7.68. The molecule has 4 aliphatic rings. The second kappa shape index (κ2) is 10.5. The molecule has 4 bridgehead atoms. The minimum Gasteiger partial charge on any atom is -0.478 e. The second-order valence-corrected chi connectivity index (χ2v) is 11.1. The summed E-state index contributed by atoms with van der Waals surface area (Å²) in [7, 11) is -3.37. The number of carbonyl (C=O) groups is 1. The summed E-state index contributed by atoms with van der Waals surface area (Å²) in [5.74, 6) is 1.12. The van der Waals surface area contributed by atoms with Gasteiger partial charge in [-0.05, 0) is 57.4 Å². The molecule has 1 aromatic rings. The number of aromatic nitrogens is 1. The number of rotatable bonds is 2. The second-order valence-electron chi connectivity index (χ2n) is 9.31. The van der Waals surface area contributed by atoms with E-state index in [4.69, 9.17) is 14.5 Å². The van der Waals surface area contributed by atoms with Crippen molar-refractivity contribution in [1.82, 2.24) is 14.6 Å². The Balaban J connectivity index is 1.51. The van der Waals surface area contributed by atoms with Gasteiger partial charge in [0.1, 0.15) is 0 Å². The number of sulfonamides is 1. The lowest BCUT2D eigenvalue weighted by Crippen LogP contribution is -2.59. The van der Waals surface area contributed by atoms with Gasteiger partial charge in [0.05, 0.1) is 31.6 Å². The van der Waals surface area contributed by atoms with E-state index in [1.165, 1.54) is 6.26 Å². The Morgan fingerprint density at radius 3 is 2.69 bits per heavy atom. The number of ether oxygens (including phenoxy) is 2. The van der Waals surface area contributed by atoms with Crippen LogP contribution in [0.25, 0.3) is 0 Å². The first kappa shape index (κ1) is 23.4. The van der Waals surface area contributed by atoms with Gasteiger partial charge < -0.3 is 14.4 Å². The van der Waals surface area contributed by atoms with Gasteiger partial charge in [-0.2, -0.15) is 0 Å². The highest BCUT2D eigenvalue weighted by atomic mass is 32.2. The van der Waals surface area contributed by atoms with E-state index in [1.807, 2.05) is 17.0 Å². The molecule has 1 aromatic heterocycles. The smallest absolute Gasteiger partial charge is 0.222 e. The van der Waals surface area contributed by atoms with Gasteiger partial charge in [0.2, 0.25) is 21.8 Å². The summed E-state index contributed by atoms with van der Waals surface area (Å²) >= 11 is 0. The third-order valence-electron chi connectivity index (χ3n) is 6.84. The van der Waals surface area contributed by atoms with Crippen molar-refractivity contribution >= 4 is 15.9 Å². The topological polar surface area (TPSA) is 97.8 Å². The van der Waals surface area contributed by atoms with Crippen LogP contribution in [0.15, 0.2) is 18.2 Å². The average molecular weight is 466 g/mol. The van der Waals surface area contributed by atoms with Gasteiger partial charge in [0.25, 0.3) is 0 Å². The molecule has 2 fully saturated rings. The highest BCUT2D eigenvalue weighted by Crippen LogP contribution is 2.34. The van der Waals surface area contributed by atoms with Gasteiger partial charge in [-0.15, -0.1) is 0 Å². The zero-order valence-electron chi connectivity index (χ0n) is 18.9. The molecule has 178 valence electrons. The van der Waals surface area contributed by atoms with E-state index < -0.39 is 10.0 Å². The fourth-order valence-electron chi connectivity index (χ4n) is 5.18. The molecular formula is C23H35N3O5S. The number of nitrogens with one attached hydrogen (secondary N) is 1. The molecule has 0 unspecified atom stereocenters. The molecule has 0 radical (unpaired) electrons. The highest BCUT2D eigenvalue weighted by Gasteiger charge is 2.36. The molecule has 1 saturated carbocycles. The van der Waals surface area contributed by atoms with Gasteiger partial charge in [-0.3, -0.25) is 4.79 Å². The van der Waals surface area contributed by atoms with Gasteiger partial charge in [0.15, 0.2) is 0 Å². The molecule has 0 spiro atoms. The van der Waals surface area contributed by atoms with Crippen LogP contribution in [0.4, 0.5) is 0 Å². The normalized spacial score (nSPS) is 30.3. The Hall–Kier alpha value is -1.71. The number of carbonyl (C=O) groups excluding carboxylic acids is 1. The Morgan fingerprint density at radius 2 is 1.91 bits per heavy atom. The van der Waals surface area contributed by atoms with Crippen LogP contribution in [-0.2, 0) is 19.6 Å². The van der Waals surface area contributed by atoms with Crippen molar-refractivity contribution in [2.75, 3.05) is 26.0 Å². The van der Waals surface area contributed by atoms with Gasteiger partial charge >= 0.3 is 0 Å². The number of fused-ring (bicyclic) bond motifs is 8. The summed E-state index contributed by atoms with van der Waals surface area (Å²) < 4.78 is 38.8. The Labute approximate surface area is 191 Å². The van der Waals surface area contributed by atoms with Crippen molar-refractivity contribution in [3.05, 3.63) is 23.9 Å². The monoisotopic (exact) mass is 465 g/mol. The first-order valence-electron chi connectivity index (χ1n) is 11.9. The summed E-state index contributed by atoms with van der Waals surface area (Å²) in [6.45, 7) is 1.54. The number of hydrogen-bond donors (Lipinski definition) is 1. The minimum absolute atomic E-state index is 0.0618. The molecule has 1 amide bonds. The fraction of sp³-hybridized carbons (Fsp3) is 0.739. The van der Waals surface area contributed by atoms with Crippen LogP contribution >= 0.6 is 0 Å². The standard InChI is InChI=1S/C23H35N3O5S/c1-32(28,29)25-20-7-5-14-26-21(20)16-31-18-12-10-17(11-13-18)19-6-4-8-22(24-19)30-15-3-2-9-23(26)27/h4,6,8,17-18,20-21,25H,2-3,5,7,9-16H2,1H3/t17?,18?,20-,21-/m0/s1. The molecule has 9 heteroatoms. The van der Waals surface area contributed by atoms with Gasteiger partial charge in [0, 0.05) is 36.7 Å². The predicted octanol–water partition coefficient (Wildman–Crippen LogP) is 2.60. The van der Waals surface area contributed by atoms with Crippen molar-refractivity contribution in [2.24, 2.45) is 0 Å². The third-order valence-corrected chi connectivity index (χ3v) is 7.57. The Bertz CT molecular complexity index is 885. The van der Waals surface area contributed by atoms with Crippen LogP contribution in [0.2, 0.25) is 0 Å². The number of pyridine rings is 1. The summed E-state index contributed by atoms with van der Waals surface area (Å²) in [5.41, 5.74) is 1.08. The largest absolute Gasteiger partial charge is 0.478 e.